The van der Waals surface area contributed by atoms with Crippen LogP contribution in [0.1, 0.15) is 5.69 Å². The van der Waals surface area contributed by atoms with Gasteiger partial charge in [0.2, 0.25) is 6.61 Å². The maximum absolute atomic E-state index is 13.1. The largest absolute Gasteiger partial charge is 0.479 e. The van der Waals surface area contributed by atoms with E-state index in [9.17, 15) is 24.3 Å². The fourth-order valence-electron chi connectivity index (χ4n) is 4.24. The summed E-state index contributed by atoms with van der Waals surface area (Å²) in [6.07, 6.45) is 5.28. The number of nitrogen functional groups attached to an aromatic ring is 1. The Bertz CT molecular complexity index is 1640. The molecule has 3 aromatic rings. The first-order valence-corrected chi connectivity index (χ1v) is 13.9. The molecule has 2 amide bonds. The zero-order valence-corrected chi connectivity index (χ0v) is 23.1. The third kappa shape index (κ3) is 5.17. The van der Waals surface area contributed by atoms with Crippen LogP contribution in [0.25, 0.3) is 5.65 Å². The Balaban J connectivity index is 1.37. The van der Waals surface area contributed by atoms with Gasteiger partial charge >= 0.3 is 11.9 Å². The fourth-order valence-corrected chi connectivity index (χ4v) is 6.67. The van der Waals surface area contributed by atoms with Crippen molar-refractivity contribution in [1.29, 1.82) is 0 Å². The molecule has 1 saturated heterocycles. The molecule has 1 fully saturated rings. The van der Waals surface area contributed by atoms with Gasteiger partial charge in [0.25, 0.3) is 17.5 Å². The second-order valence-corrected chi connectivity index (χ2v) is 11.6. The normalized spacial score (nSPS) is 18.9. The number of amides is 2. The molecule has 2 aliphatic heterocycles. The number of carbonyl (C=O) groups excluding carboxylic acids is 2. The zero-order valence-electron chi connectivity index (χ0n) is 20.0. The molecule has 0 aromatic carbocycles. The van der Waals surface area contributed by atoms with E-state index in [-0.39, 0.29) is 33.2 Å². The number of thioether (sulfide) groups is 1. The Morgan fingerprint density at radius 1 is 1.30 bits per heavy atom. The van der Waals surface area contributed by atoms with E-state index in [0.717, 1.165) is 21.9 Å². The van der Waals surface area contributed by atoms with Gasteiger partial charge in [-0.25, -0.2) is 23.5 Å². The molecule has 3 aromatic heterocycles. The lowest BCUT2D eigenvalue weighted by molar-refractivity contribution is -0.662. The van der Waals surface area contributed by atoms with Gasteiger partial charge in [0.05, 0.1) is 5.02 Å². The quantitative estimate of drug-likeness (QED) is 0.114. The summed E-state index contributed by atoms with van der Waals surface area (Å²) in [6.45, 7) is -0.637. The molecule has 2 atom stereocenters. The van der Waals surface area contributed by atoms with Gasteiger partial charge < -0.3 is 26.1 Å². The summed E-state index contributed by atoms with van der Waals surface area (Å²) < 4.78 is 3.63. The van der Waals surface area contributed by atoms with Crippen molar-refractivity contribution in [2.75, 3.05) is 18.1 Å². The predicted octanol–water partition coefficient (Wildman–Crippen LogP) is 0.816. The SMILES string of the molecule is Nc1nc(C(=NOCC(=O)O)C(=O)N[C@@H]2C(=O)N3C(C(=O)O)=C(C[n+]4ccn5cc(Cl)ccc54)CS[C@@H]23)c(Cl)s1. The van der Waals surface area contributed by atoms with Crippen LogP contribution in [0.4, 0.5) is 5.13 Å². The number of rotatable bonds is 9. The summed E-state index contributed by atoms with van der Waals surface area (Å²) in [7, 11) is 0. The van der Waals surface area contributed by atoms with Crippen molar-refractivity contribution in [1.82, 2.24) is 19.6 Å². The second-order valence-electron chi connectivity index (χ2n) is 8.44. The molecule has 0 bridgehead atoms. The van der Waals surface area contributed by atoms with Crippen LogP contribution >= 0.6 is 46.3 Å². The molecule has 14 nitrogen and oxygen atoms in total. The number of imidazole rings is 1. The Labute approximate surface area is 242 Å². The maximum Gasteiger partial charge on any atom is 0.352 e. The molecule has 5 heterocycles. The Kier molecular flexibility index (Phi) is 7.59. The average molecular weight is 627 g/mol. The molecule has 2 aliphatic rings. The summed E-state index contributed by atoms with van der Waals surface area (Å²) in [5.41, 5.74) is 6.13. The van der Waals surface area contributed by atoms with E-state index in [1.54, 1.807) is 35.1 Å². The monoisotopic (exact) mass is 626 g/mol. The number of halogens is 2. The number of hydrogen-bond donors (Lipinski definition) is 4. The molecule has 18 heteroatoms. The van der Waals surface area contributed by atoms with Crippen LogP contribution in [0.15, 0.2) is 47.1 Å². The smallest absolute Gasteiger partial charge is 0.352 e. The van der Waals surface area contributed by atoms with Gasteiger partial charge in [-0.05, 0) is 6.07 Å². The number of nitrogens with zero attached hydrogens (tertiary/aromatic N) is 5. The summed E-state index contributed by atoms with van der Waals surface area (Å²) in [6, 6.07) is 2.41. The highest BCUT2D eigenvalue weighted by Crippen LogP contribution is 2.40. The van der Waals surface area contributed by atoms with Crippen LogP contribution in [0.3, 0.4) is 0 Å². The Morgan fingerprint density at radius 2 is 2.08 bits per heavy atom. The van der Waals surface area contributed by atoms with Crippen molar-refractivity contribution < 1.29 is 38.8 Å². The number of anilines is 1. The van der Waals surface area contributed by atoms with Gasteiger partial charge in [0, 0.05) is 17.4 Å². The summed E-state index contributed by atoms with van der Waals surface area (Å²) in [5, 5.41) is 24.7. The first-order valence-electron chi connectivity index (χ1n) is 11.3. The molecule has 0 spiro atoms. The molecule has 5 N–H and O–H groups in total. The standard InChI is InChI=1S/C22H17Cl2N7O7S2/c23-10-1-2-11-29(3-4-30(11)6-10)5-9-8-39-20-15(19(35)31(20)16(9)21(36)37)26-18(34)14(28-38-7-12(32)33)13-17(24)40-22(25)27-13/h1-4,6,15,20H,5,7-8H2,(H4-,25,26,27,32,33,34,36,37)/p+1/t15-,20+/m1/s1. The maximum atomic E-state index is 13.1. The van der Waals surface area contributed by atoms with Gasteiger partial charge in [-0.2, -0.15) is 0 Å². The average Bonchev–Trinajstić information content (AvgIpc) is 3.45. The van der Waals surface area contributed by atoms with Crippen molar-refractivity contribution in [2.24, 2.45) is 5.16 Å². The molecule has 40 heavy (non-hydrogen) atoms. The highest BCUT2D eigenvalue weighted by molar-refractivity contribution is 8.00. The number of aliphatic carboxylic acids is 2. The molecule has 0 aliphatic carbocycles. The molecular formula is C22H18Cl2N7O7S2+. The fraction of sp³-hybridized carbons (Fsp3) is 0.227. The van der Waals surface area contributed by atoms with Crippen molar-refractivity contribution in [3.8, 4) is 0 Å². The van der Waals surface area contributed by atoms with E-state index in [1.807, 2.05) is 4.57 Å². The number of carbonyl (C=O) groups is 4. The number of thiazole rings is 1. The first-order chi connectivity index (χ1) is 19.0. The number of nitrogens with two attached hydrogens (primary N) is 1. The highest BCUT2D eigenvalue weighted by Gasteiger charge is 2.54. The summed E-state index contributed by atoms with van der Waals surface area (Å²) in [5.74, 6) is -3.92. The number of fused-ring (bicyclic) bond motifs is 2. The van der Waals surface area contributed by atoms with E-state index in [1.165, 1.54) is 11.8 Å². The molecule has 208 valence electrons. The first kappa shape index (κ1) is 27.7. The molecule has 0 saturated carbocycles. The third-order valence-electron chi connectivity index (χ3n) is 5.90. The van der Waals surface area contributed by atoms with Crippen LogP contribution in [0.5, 0.6) is 0 Å². The van der Waals surface area contributed by atoms with Crippen molar-refractivity contribution in [2.45, 2.75) is 18.0 Å². The van der Waals surface area contributed by atoms with Crippen LogP contribution in [0, 0.1) is 0 Å². The summed E-state index contributed by atoms with van der Waals surface area (Å²) in [4.78, 5) is 59.1. The number of hydrogen-bond acceptors (Lipinski definition) is 10. The summed E-state index contributed by atoms with van der Waals surface area (Å²) >= 11 is 14.3. The molecular weight excluding hydrogens is 609 g/mol. The van der Waals surface area contributed by atoms with E-state index in [4.69, 9.17) is 38.9 Å². The highest BCUT2D eigenvalue weighted by atomic mass is 35.5. The number of pyridine rings is 1. The number of carboxylic acid groups (broad SMARTS) is 2. The Hall–Kier alpha value is -3.86. The van der Waals surface area contributed by atoms with Gasteiger partial charge in [-0.1, -0.05) is 39.7 Å². The number of aromatic nitrogens is 3. The number of carboxylic acids is 2. The lowest BCUT2D eigenvalue weighted by Gasteiger charge is -2.49. The minimum absolute atomic E-state index is 0.00219. The lowest BCUT2D eigenvalue weighted by Crippen LogP contribution is -2.71. The number of β-lactam (4-membered cyclic amide) rings is 1. The van der Waals surface area contributed by atoms with E-state index in [0.29, 0.717) is 10.6 Å². The zero-order chi connectivity index (χ0) is 28.7. The predicted molar refractivity (Wildman–Crippen MR) is 144 cm³/mol. The van der Waals surface area contributed by atoms with Crippen LogP contribution in [0.2, 0.25) is 9.36 Å². The van der Waals surface area contributed by atoms with Crippen LogP contribution in [-0.2, 0) is 30.6 Å². The third-order valence-corrected chi connectivity index (χ3v) is 8.55. The van der Waals surface area contributed by atoms with Crippen LogP contribution in [-0.4, -0.2) is 77.7 Å². The van der Waals surface area contributed by atoms with Gasteiger partial charge in [-0.15, -0.1) is 11.8 Å². The van der Waals surface area contributed by atoms with E-state index < -0.39 is 47.5 Å². The lowest BCUT2D eigenvalue weighted by atomic mass is 10.0. The van der Waals surface area contributed by atoms with E-state index in [2.05, 4.69) is 15.5 Å². The molecule has 5 rings (SSSR count). The molecule has 0 radical (unpaired) electrons. The van der Waals surface area contributed by atoms with Crippen LogP contribution < -0.4 is 15.6 Å². The van der Waals surface area contributed by atoms with Gasteiger partial charge in [0.15, 0.2) is 10.8 Å². The number of nitrogens with one attached hydrogen (secondary N) is 1. The molecule has 0 unspecified atom stereocenters. The minimum atomic E-state index is -1.34. The van der Waals surface area contributed by atoms with Crippen molar-refractivity contribution >= 4 is 86.5 Å². The van der Waals surface area contributed by atoms with E-state index >= 15 is 0 Å². The topological polar surface area (TPSA) is 193 Å². The minimum Gasteiger partial charge on any atom is -0.479 e. The van der Waals surface area contributed by atoms with Crippen molar-refractivity contribution in [3.05, 3.63) is 57.0 Å². The van der Waals surface area contributed by atoms with Gasteiger partial charge in [0.1, 0.15) is 52.3 Å². The Morgan fingerprint density at radius 3 is 2.75 bits per heavy atom. The number of oxime groups is 1. The van der Waals surface area contributed by atoms with Gasteiger partial charge in [-0.3, -0.25) is 14.5 Å². The second kappa shape index (κ2) is 11.0. The van der Waals surface area contributed by atoms with Crippen molar-refractivity contribution in [3.63, 3.8) is 0 Å².